The number of aryl methyl sites for hydroxylation is 1. The van der Waals surface area contributed by atoms with Gasteiger partial charge in [-0.2, -0.15) is 4.37 Å². The molecule has 1 aromatic carbocycles. The van der Waals surface area contributed by atoms with Crippen LogP contribution < -0.4 is 10.6 Å². The molecule has 0 fully saturated rings. The Morgan fingerprint density at radius 3 is 2.94 bits per heavy atom. The minimum absolute atomic E-state index is 0.831. The number of benzene rings is 1. The summed E-state index contributed by atoms with van der Waals surface area (Å²) in [6.45, 7) is 3.87. The van der Waals surface area contributed by atoms with E-state index in [0.29, 0.717) is 0 Å². The van der Waals surface area contributed by atoms with Crippen LogP contribution in [0.5, 0.6) is 0 Å². The monoisotopic (exact) mass is 246 g/mol. The first-order valence-electron chi connectivity index (χ1n) is 5.71. The first-order chi connectivity index (χ1) is 8.26. The number of nitrogen functional groups attached to an aromatic ring is 1. The van der Waals surface area contributed by atoms with Crippen molar-refractivity contribution >= 4 is 22.4 Å². The normalized spacial score (nSPS) is 14.1. The molecule has 0 radical (unpaired) electrons. The van der Waals surface area contributed by atoms with Gasteiger partial charge in [0.1, 0.15) is 5.82 Å². The molecule has 1 aliphatic rings. The van der Waals surface area contributed by atoms with E-state index in [1.165, 1.54) is 22.7 Å². The van der Waals surface area contributed by atoms with Crippen LogP contribution in [-0.4, -0.2) is 9.36 Å². The van der Waals surface area contributed by atoms with Crippen molar-refractivity contribution in [2.24, 2.45) is 0 Å². The number of hydrogen-bond acceptors (Lipinski definition) is 5. The van der Waals surface area contributed by atoms with Crippen molar-refractivity contribution in [3.63, 3.8) is 0 Å². The molecule has 2 N–H and O–H groups in total. The Morgan fingerprint density at radius 2 is 2.18 bits per heavy atom. The number of anilines is 2. The average Bonchev–Trinajstić information content (AvgIpc) is 2.93. The van der Waals surface area contributed by atoms with E-state index in [-0.39, 0.29) is 0 Å². The molecule has 0 saturated heterocycles. The summed E-state index contributed by atoms with van der Waals surface area (Å²) in [6.07, 6.45) is 0.893. The van der Waals surface area contributed by atoms with Gasteiger partial charge in [0.15, 0.2) is 0 Å². The summed E-state index contributed by atoms with van der Waals surface area (Å²) in [6, 6.07) is 6.11. The molecular formula is C12H14N4S. The molecule has 5 heteroatoms. The second kappa shape index (κ2) is 4.00. The van der Waals surface area contributed by atoms with Crippen molar-refractivity contribution in [2.45, 2.75) is 26.4 Å². The van der Waals surface area contributed by atoms with E-state index in [0.717, 1.165) is 36.2 Å². The van der Waals surface area contributed by atoms with Gasteiger partial charge in [0.25, 0.3) is 0 Å². The molecule has 88 valence electrons. The molecule has 1 aliphatic heterocycles. The number of aromatic nitrogens is 2. The van der Waals surface area contributed by atoms with E-state index in [1.807, 2.05) is 6.07 Å². The molecule has 2 heterocycles. The molecule has 0 amide bonds. The lowest BCUT2D eigenvalue weighted by molar-refractivity contribution is 0.862. The molecule has 4 nitrogen and oxygen atoms in total. The molecule has 17 heavy (non-hydrogen) atoms. The second-order valence-electron chi connectivity index (χ2n) is 4.23. The van der Waals surface area contributed by atoms with Gasteiger partial charge >= 0.3 is 0 Å². The molecule has 0 unspecified atom stereocenters. The van der Waals surface area contributed by atoms with Crippen molar-refractivity contribution < 1.29 is 0 Å². The van der Waals surface area contributed by atoms with Gasteiger partial charge in [-0.15, -0.1) is 0 Å². The van der Waals surface area contributed by atoms with Crippen molar-refractivity contribution in [3.8, 4) is 0 Å². The summed E-state index contributed by atoms with van der Waals surface area (Å²) in [7, 11) is 0. The van der Waals surface area contributed by atoms with E-state index in [2.05, 4.69) is 33.3 Å². The van der Waals surface area contributed by atoms with Crippen LogP contribution in [-0.2, 0) is 19.5 Å². The van der Waals surface area contributed by atoms with Crippen molar-refractivity contribution in [2.75, 3.05) is 10.6 Å². The maximum Gasteiger partial charge on any atom is 0.205 e. The quantitative estimate of drug-likeness (QED) is 0.825. The van der Waals surface area contributed by atoms with Gasteiger partial charge in [-0.3, -0.25) is 0 Å². The maximum absolute atomic E-state index is 5.80. The highest BCUT2D eigenvalue weighted by Gasteiger charge is 2.21. The van der Waals surface area contributed by atoms with Gasteiger partial charge in [-0.1, -0.05) is 13.0 Å². The summed E-state index contributed by atoms with van der Waals surface area (Å²) < 4.78 is 4.32. The highest BCUT2D eigenvalue weighted by atomic mass is 32.1. The van der Waals surface area contributed by atoms with Crippen LogP contribution in [0.4, 0.5) is 10.8 Å². The Hall–Kier alpha value is -1.62. The van der Waals surface area contributed by atoms with Crippen molar-refractivity contribution in [1.82, 2.24) is 9.36 Å². The molecule has 2 aromatic rings. The van der Waals surface area contributed by atoms with Gasteiger partial charge < -0.3 is 10.6 Å². The molecule has 0 bridgehead atoms. The van der Waals surface area contributed by atoms with Gasteiger partial charge in [-0.25, -0.2) is 4.98 Å². The average molecular weight is 246 g/mol. The van der Waals surface area contributed by atoms with E-state index < -0.39 is 0 Å². The first-order valence-corrected chi connectivity index (χ1v) is 6.48. The van der Waals surface area contributed by atoms with Crippen LogP contribution in [0, 0.1) is 0 Å². The van der Waals surface area contributed by atoms with Gasteiger partial charge in [-0.05, 0) is 23.3 Å². The van der Waals surface area contributed by atoms with Crippen LogP contribution in [0.3, 0.4) is 0 Å². The summed E-state index contributed by atoms with van der Waals surface area (Å²) in [4.78, 5) is 6.77. The highest BCUT2D eigenvalue weighted by Crippen LogP contribution is 2.30. The third-order valence-electron chi connectivity index (χ3n) is 3.00. The fourth-order valence-corrected chi connectivity index (χ4v) is 2.81. The Labute approximate surface area is 104 Å². The predicted molar refractivity (Wildman–Crippen MR) is 70.0 cm³/mol. The zero-order chi connectivity index (χ0) is 11.8. The summed E-state index contributed by atoms with van der Waals surface area (Å²) in [5.41, 5.74) is 9.27. The topological polar surface area (TPSA) is 55.0 Å². The maximum atomic E-state index is 5.80. The molecule has 3 rings (SSSR count). The van der Waals surface area contributed by atoms with Crippen molar-refractivity contribution in [1.29, 1.82) is 0 Å². The highest BCUT2D eigenvalue weighted by molar-refractivity contribution is 7.09. The molecule has 0 saturated carbocycles. The molecule has 0 aliphatic carbocycles. The smallest absolute Gasteiger partial charge is 0.205 e. The SMILES string of the molecule is CCc1nsc(N2Cc3ccc(N)cc3C2)n1. The fraction of sp³-hybridized carbons (Fsp3) is 0.333. The zero-order valence-corrected chi connectivity index (χ0v) is 10.5. The fourth-order valence-electron chi connectivity index (χ4n) is 2.07. The van der Waals surface area contributed by atoms with Crippen LogP contribution >= 0.6 is 11.5 Å². The molecular weight excluding hydrogens is 232 g/mol. The second-order valence-corrected chi connectivity index (χ2v) is 4.96. The van der Waals surface area contributed by atoms with Gasteiger partial charge in [0.05, 0.1) is 0 Å². The molecule has 0 spiro atoms. The third kappa shape index (κ3) is 1.86. The lowest BCUT2D eigenvalue weighted by Gasteiger charge is -2.11. The lowest BCUT2D eigenvalue weighted by Crippen LogP contribution is -2.14. The minimum atomic E-state index is 0.831. The standard InChI is InChI=1S/C12H14N4S/c1-2-11-14-12(17-15-11)16-6-8-3-4-10(13)5-9(8)7-16/h3-5H,2,6-7,13H2,1H3. The number of hydrogen-bond donors (Lipinski definition) is 1. The first kappa shape index (κ1) is 10.5. The number of rotatable bonds is 2. The van der Waals surface area contributed by atoms with Crippen LogP contribution in [0.15, 0.2) is 18.2 Å². The predicted octanol–water partition coefficient (Wildman–Crippen LogP) is 2.20. The Morgan fingerprint density at radius 1 is 1.35 bits per heavy atom. The largest absolute Gasteiger partial charge is 0.399 e. The number of nitrogens with zero attached hydrogens (tertiary/aromatic N) is 3. The molecule has 0 atom stereocenters. The lowest BCUT2D eigenvalue weighted by atomic mass is 10.1. The van der Waals surface area contributed by atoms with Crippen molar-refractivity contribution in [3.05, 3.63) is 35.2 Å². The van der Waals surface area contributed by atoms with Gasteiger partial charge in [0.2, 0.25) is 5.13 Å². The van der Waals surface area contributed by atoms with Crippen LogP contribution in [0.25, 0.3) is 0 Å². The van der Waals surface area contributed by atoms with E-state index in [4.69, 9.17) is 5.73 Å². The van der Waals surface area contributed by atoms with E-state index in [1.54, 1.807) is 0 Å². The van der Waals surface area contributed by atoms with E-state index in [9.17, 15) is 0 Å². The summed E-state index contributed by atoms with van der Waals surface area (Å²) in [5, 5.41) is 1.01. The summed E-state index contributed by atoms with van der Waals surface area (Å²) in [5.74, 6) is 0.931. The van der Waals surface area contributed by atoms with Crippen LogP contribution in [0.2, 0.25) is 0 Å². The number of fused-ring (bicyclic) bond motifs is 1. The Balaban J connectivity index is 1.86. The summed E-state index contributed by atoms with van der Waals surface area (Å²) >= 11 is 1.48. The minimum Gasteiger partial charge on any atom is -0.399 e. The third-order valence-corrected chi connectivity index (χ3v) is 3.81. The Bertz CT molecular complexity index is 549. The number of nitrogens with two attached hydrogens (primary N) is 1. The Kier molecular flexibility index (Phi) is 2.48. The zero-order valence-electron chi connectivity index (χ0n) is 9.68. The van der Waals surface area contributed by atoms with E-state index >= 15 is 0 Å². The van der Waals surface area contributed by atoms with Crippen LogP contribution in [0.1, 0.15) is 23.9 Å². The van der Waals surface area contributed by atoms with Gasteiger partial charge in [0, 0.05) is 36.7 Å². The molecule has 1 aromatic heterocycles.